The number of hydrogen-bond donors (Lipinski definition) is 2. The van der Waals surface area contributed by atoms with Crippen LogP contribution in [0.25, 0.3) is 0 Å². The van der Waals surface area contributed by atoms with Crippen molar-refractivity contribution < 1.29 is 10.2 Å². The summed E-state index contributed by atoms with van der Waals surface area (Å²) in [5.41, 5.74) is 2.26. The monoisotopic (exact) mass is 292 g/mol. The Morgan fingerprint density at radius 2 is 1.59 bits per heavy atom. The van der Waals surface area contributed by atoms with Crippen LogP contribution in [0.5, 0.6) is 11.5 Å². The smallest absolute Gasteiger partial charge is 0.129 e. The van der Waals surface area contributed by atoms with Crippen molar-refractivity contribution in [3.8, 4) is 11.5 Å². The fraction of sp³-hybridized carbons (Fsp3) is 0.143. The molecular formula is C14H13BrO2. The molecule has 2 nitrogen and oxygen atoms in total. The van der Waals surface area contributed by atoms with E-state index in [1.807, 2.05) is 24.3 Å². The summed E-state index contributed by atoms with van der Waals surface area (Å²) in [5.74, 6) is 0.556. The van der Waals surface area contributed by atoms with Gasteiger partial charge < -0.3 is 10.2 Å². The molecule has 0 amide bonds. The highest BCUT2D eigenvalue weighted by atomic mass is 79.9. The molecule has 3 heteroatoms. The molecule has 0 fully saturated rings. The van der Waals surface area contributed by atoms with Gasteiger partial charge in [-0.25, -0.2) is 0 Å². The van der Waals surface area contributed by atoms with E-state index >= 15 is 0 Å². The van der Waals surface area contributed by atoms with E-state index in [2.05, 4.69) is 15.9 Å². The summed E-state index contributed by atoms with van der Waals surface area (Å²) in [6.07, 6.45) is 1.74. The molecule has 0 spiro atoms. The van der Waals surface area contributed by atoms with Crippen molar-refractivity contribution in [3.05, 3.63) is 58.1 Å². The molecule has 0 saturated heterocycles. The van der Waals surface area contributed by atoms with Crippen molar-refractivity contribution in [2.45, 2.75) is 12.8 Å². The first-order chi connectivity index (χ1) is 8.15. The van der Waals surface area contributed by atoms with E-state index < -0.39 is 0 Å². The molecule has 17 heavy (non-hydrogen) atoms. The molecule has 2 aromatic carbocycles. The number of hydrogen-bond acceptors (Lipinski definition) is 2. The van der Waals surface area contributed by atoms with E-state index in [-0.39, 0.29) is 5.75 Å². The average Bonchev–Trinajstić information content (AvgIpc) is 2.31. The Morgan fingerprint density at radius 1 is 0.882 bits per heavy atom. The second kappa shape index (κ2) is 5.23. The van der Waals surface area contributed by atoms with E-state index in [4.69, 9.17) is 0 Å². The van der Waals surface area contributed by atoms with Gasteiger partial charge in [0.15, 0.2) is 0 Å². The summed E-state index contributed by atoms with van der Waals surface area (Å²) in [6.45, 7) is 0. The molecule has 0 aliphatic heterocycles. The molecule has 0 unspecified atom stereocenters. The van der Waals surface area contributed by atoms with Crippen LogP contribution in [0.15, 0.2) is 46.9 Å². The Balaban J connectivity index is 2.05. The zero-order chi connectivity index (χ0) is 12.3. The first-order valence-corrected chi connectivity index (χ1v) is 6.20. The van der Waals surface area contributed by atoms with Gasteiger partial charge in [0.25, 0.3) is 0 Å². The van der Waals surface area contributed by atoms with E-state index in [1.54, 1.807) is 18.2 Å². The fourth-order valence-electron chi connectivity index (χ4n) is 1.71. The van der Waals surface area contributed by atoms with Crippen LogP contribution in [0.2, 0.25) is 0 Å². The topological polar surface area (TPSA) is 40.5 Å². The lowest BCUT2D eigenvalue weighted by Gasteiger charge is -2.04. The van der Waals surface area contributed by atoms with Crippen LogP contribution in [0, 0.1) is 0 Å². The molecule has 0 atom stereocenters. The van der Waals surface area contributed by atoms with Crippen LogP contribution < -0.4 is 0 Å². The van der Waals surface area contributed by atoms with E-state index in [9.17, 15) is 10.2 Å². The maximum Gasteiger partial charge on any atom is 0.129 e. The van der Waals surface area contributed by atoms with E-state index in [1.165, 1.54) is 0 Å². The standard InChI is InChI=1S/C14H13BrO2/c15-13-9-11(6-7-14(13)17)5-4-10-2-1-3-12(16)8-10/h1-3,6-9,16-17H,4-5H2. The van der Waals surface area contributed by atoms with Crippen LogP contribution in [0.4, 0.5) is 0 Å². The highest BCUT2D eigenvalue weighted by molar-refractivity contribution is 9.10. The molecule has 0 bridgehead atoms. The van der Waals surface area contributed by atoms with Gasteiger partial charge in [-0.1, -0.05) is 18.2 Å². The van der Waals surface area contributed by atoms with Gasteiger partial charge in [0.1, 0.15) is 11.5 Å². The van der Waals surface area contributed by atoms with Crippen molar-refractivity contribution in [3.63, 3.8) is 0 Å². The molecule has 2 rings (SSSR count). The van der Waals surface area contributed by atoms with Crippen molar-refractivity contribution in [2.75, 3.05) is 0 Å². The fourth-order valence-corrected chi connectivity index (χ4v) is 2.13. The molecule has 2 aromatic rings. The lowest BCUT2D eigenvalue weighted by molar-refractivity contribution is 0.471. The van der Waals surface area contributed by atoms with Gasteiger partial charge in [0.2, 0.25) is 0 Å². The Labute approximate surface area is 109 Å². The van der Waals surface area contributed by atoms with E-state index in [0.717, 1.165) is 24.0 Å². The number of rotatable bonds is 3. The molecule has 0 saturated carbocycles. The third kappa shape index (κ3) is 3.24. The Bertz CT molecular complexity index is 523. The van der Waals surface area contributed by atoms with Crippen LogP contribution >= 0.6 is 15.9 Å². The lowest BCUT2D eigenvalue weighted by Crippen LogP contribution is -1.91. The van der Waals surface area contributed by atoms with Gasteiger partial charge in [0.05, 0.1) is 4.47 Å². The summed E-state index contributed by atoms with van der Waals surface area (Å²) < 4.78 is 0.714. The zero-order valence-electron chi connectivity index (χ0n) is 9.23. The predicted molar refractivity (Wildman–Crippen MR) is 71.3 cm³/mol. The first-order valence-electron chi connectivity index (χ1n) is 5.40. The third-order valence-corrected chi connectivity index (χ3v) is 3.26. The van der Waals surface area contributed by atoms with Crippen molar-refractivity contribution in [2.24, 2.45) is 0 Å². The van der Waals surface area contributed by atoms with Crippen LogP contribution in [-0.2, 0) is 12.8 Å². The van der Waals surface area contributed by atoms with Gasteiger partial charge in [0, 0.05) is 0 Å². The lowest BCUT2D eigenvalue weighted by atomic mass is 10.0. The van der Waals surface area contributed by atoms with Gasteiger partial charge in [-0.05, 0) is 64.2 Å². The van der Waals surface area contributed by atoms with Crippen LogP contribution in [0.3, 0.4) is 0 Å². The predicted octanol–water partition coefficient (Wildman–Crippen LogP) is 3.65. The number of aryl methyl sites for hydroxylation is 2. The Kier molecular flexibility index (Phi) is 3.69. The van der Waals surface area contributed by atoms with Gasteiger partial charge in [-0.2, -0.15) is 0 Å². The van der Waals surface area contributed by atoms with Crippen LogP contribution in [0.1, 0.15) is 11.1 Å². The summed E-state index contributed by atoms with van der Waals surface area (Å²) in [4.78, 5) is 0. The Hall–Kier alpha value is -1.48. The molecular weight excluding hydrogens is 280 g/mol. The highest BCUT2D eigenvalue weighted by Crippen LogP contribution is 2.25. The maximum atomic E-state index is 9.39. The van der Waals surface area contributed by atoms with Gasteiger partial charge in [-0.15, -0.1) is 0 Å². The second-order valence-corrected chi connectivity index (χ2v) is 4.81. The molecule has 88 valence electrons. The minimum atomic E-state index is 0.256. The minimum absolute atomic E-state index is 0.256. The molecule has 0 heterocycles. The SMILES string of the molecule is Oc1cccc(CCc2ccc(O)c(Br)c2)c1. The second-order valence-electron chi connectivity index (χ2n) is 3.96. The summed E-state index contributed by atoms with van der Waals surface area (Å²) >= 11 is 3.29. The number of phenols is 2. The third-order valence-electron chi connectivity index (χ3n) is 2.63. The van der Waals surface area contributed by atoms with Crippen LogP contribution in [-0.4, -0.2) is 10.2 Å². The maximum absolute atomic E-state index is 9.39. The molecule has 0 aromatic heterocycles. The molecule has 0 radical (unpaired) electrons. The largest absolute Gasteiger partial charge is 0.508 e. The normalized spacial score (nSPS) is 10.4. The minimum Gasteiger partial charge on any atom is -0.508 e. The molecule has 2 N–H and O–H groups in total. The Morgan fingerprint density at radius 3 is 2.24 bits per heavy atom. The van der Waals surface area contributed by atoms with Crippen molar-refractivity contribution in [1.82, 2.24) is 0 Å². The molecule has 0 aliphatic rings. The first kappa shape index (κ1) is 12.0. The van der Waals surface area contributed by atoms with Crippen molar-refractivity contribution in [1.29, 1.82) is 0 Å². The zero-order valence-corrected chi connectivity index (χ0v) is 10.8. The number of halogens is 1. The number of benzene rings is 2. The number of aromatic hydroxyl groups is 2. The van der Waals surface area contributed by atoms with Gasteiger partial charge in [-0.3, -0.25) is 0 Å². The van der Waals surface area contributed by atoms with Crippen molar-refractivity contribution >= 4 is 15.9 Å². The van der Waals surface area contributed by atoms with E-state index in [0.29, 0.717) is 10.2 Å². The summed E-state index contributed by atoms with van der Waals surface area (Å²) in [7, 11) is 0. The molecule has 0 aliphatic carbocycles. The quantitative estimate of drug-likeness (QED) is 0.907. The highest BCUT2D eigenvalue weighted by Gasteiger charge is 2.01. The average molecular weight is 293 g/mol. The summed E-state index contributed by atoms with van der Waals surface area (Å²) in [5, 5.41) is 18.7. The number of phenolic OH excluding ortho intramolecular Hbond substituents is 2. The summed E-state index contributed by atoms with van der Waals surface area (Å²) in [6, 6.07) is 12.8. The van der Waals surface area contributed by atoms with Gasteiger partial charge >= 0.3 is 0 Å².